The van der Waals surface area contributed by atoms with Crippen molar-refractivity contribution in [3.8, 4) is 0 Å². The van der Waals surface area contributed by atoms with Gasteiger partial charge in [0.25, 0.3) is 0 Å². The highest BCUT2D eigenvalue weighted by Gasteiger charge is 2.10. The van der Waals surface area contributed by atoms with Gasteiger partial charge in [0.15, 0.2) is 9.84 Å². The van der Waals surface area contributed by atoms with Gasteiger partial charge in [0.1, 0.15) is 11.0 Å². The first-order chi connectivity index (χ1) is 7.85. The molecule has 1 heterocycles. The minimum atomic E-state index is -3.01. The molecule has 0 atom stereocenters. The van der Waals surface area contributed by atoms with E-state index >= 15 is 0 Å². The Balaban J connectivity index is 2.68. The molecule has 0 saturated carbocycles. The molecule has 0 saturated heterocycles. The zero-order valence-corrected chi connectivity index (χ0v) is 12.1. The number of rotatable bonds is 5. The molecular weight excluding hydrogens is 307 g/mol. The minimum absolute atomic E-state index is 0.0156. The van der Waals surface area contributed by atoms with Crippen molar-refractivity contribution in [3.63, 3.8) is 0 Å². The summed E-state index contributed by atoms with van der Waals surface area (Å²) in [5.74, 6) is 0.450. The van der Waals surface area contributed by atoms with Crippen LogP contribution in [0.3, 0.4) is 0 Å². The summed E-state index contributed by atoms with van der Waals surface area (Å²) in [6.45, 7) is 1.82. The average molecular weight is 318 g/mol. The van der Waals surface area contributed by atoms with Crippen LogP contribution in [-0.2, 0) is 9.84 Å². The molecule has 1 aromatic rings. The number of nitrogens with zero attached hydrogens (tertiary/aromatic N) is 1. The van der Waals surface area contributed by atoms with Crippen molar-refractivity contribution in [2.75, 3.05) is 23.4 Å². The van der Waals surface area contributed by atoms with Crippen LogP contribution in [0.15, 0.2) is 6.07 Å². The third kappa shape index (κ3) is 4.50. The van der Waals surface area contributed by atoms with E-state index in [0.717, 1.165) is 0 Å². The van der Waals surface area contributed by atoms with Crippen molar-refractivity contribution >= 4 is 50.5 Å². The SMILES string of the molecule is CCS(=O)(=O)CCNc1nc(Cl)c(Cl)cc1Cl. The highest BCUT2D eigenvalue weighted by molar-refractivity contribution is 7.91. The topological polar surface area (TPSA) is 59.1 Å². The fourth-order valence-corrected chi connectivity index (χ4v) is 2.30. The van der Waals surface area contributed by atoms with Gasteiger partial charge in [-0.1, -0.05) is 41.7 Å². The molecule has 0 radical (unpaired) electrons. The van der Waals surface area contributed by atoms with Crippen LogP contribution in [0.2, 0.25) is 15.2 Å². The Morgan fingerprint density at radius 3 is 2.53 bits per heavy atom. The van der Waals surface area contributed by atoms with Crippen LogP contribution >= 0.6 is 34.8 Å². The summed E-state index contributed by atoms with van der Waals surface area (Å²) < 4.78 is 22.5. The fraction of sp³-hybridized carbons (Fsp3) is 0.444. The van der Waals surface area contributed by atoms with Crippen molar-refractivity contribution < 1.29 is 8.42 Å². The van der Waals surface area contributed by atoms with Crippen LogP contribution in [-0.4, -0.2) is 31.5 Å². The molecule has 0 amide bonds. The van der Waals surface area contributed by atoms with Crippen LogP contribution in [0.1, 0.15) is 6.92 Å². The molecule has 96 valence electrons. The molecule has 4 nitrogen and oxygen atoms in total. The first-order valence-electron chi connectivity index (χ1n) is 4.81. The maximum absolute atomic E-state index is 11.3. The van der Waals surface area contributed by atoms with Crippen LogP contribution in [0.25, 0.3) is 0 Å². The van der Waals surface area contributed by atoms with Crippen molar-refractivity contribution in [3.05, 3.63) is 21.3 Å². The van der Waals surface area contributed by atoms with E-state index < -0.39 is 9.84 Å². The van der Waals surface area contributed by atoms with Gasteiger partial charge >= 0.3 is 0 Å². The fourth-order valence-electron chi connectivity index (χ4n) is 1.04. The second-order valence-electron chi connectivity index (χ2n) is 3.25. The van der Waals surface area contributed by atoms with Gasteiger partial charge in [-0.2, -0.15) is 0 Å². The van der Waals surface area contributed by atoms with Crippen LogP contribution < -0.4 is 5.32 Å². The molecule has 0 aromatic carbocycles. The summed E-state index contributed by atoms with van der Waals surface area (Å²) >= 11 is 17.3. The summed E-state index contributed by atoms with van der Waals surface area (Å²) in [6, 6.07) is 1.45. The van der Waals surface area contributed by atoms with Gasteiger partial charge in [0, 0.05) is 12.3 Å². The van der Waals surface area contributed by atoms with E-state index in [1.54, 1.807) is 6.92 Å². The molecule has 0 aliphatic rings. The van der Waals surface area contributed by atoms with Crippen molar-refractivity contribution in [2.24, 2.45) is 0 Å². The lowest BCUT2D eigenvalue weighted by atomic mass is 10.4. The molecule has 0 aliphatic heterocycles. The first-order valence-corrected chi connectivity index (χ1v) is 7.77. The van der Waals surface area contributed by atoms with E-state index in [1.165, 1.54) is 6.07 Å². The van der Waals surface area contributed by atoms with Gasteiger partial charge in [-0.3, -0.25) is 0 Å². The van der Waals surface area contributed by atoms with E-state index in [2.05, 4.69) is 10.3 Å². The van der Waals surface area contributed by atoms with Gasteiger partial charge in [0.2, 0.25) is 0 Å². The Labute approximate surface area is 115 Å². The highest BCUT2D eigenvalue weighted by atomic mass is 35.5. The van der Waals surface area contributed by atoms with Crippen molar-refractivity contribution in [2.45, 2.75) is 6.92 Å². The van der Waals surface area contributed by atoms with E-state index in [1.807, 2.05) is 0 Å². The average Bonchev–Trinajstić information content (AvgIpc) is 2.25. The van der Waals surface area contributed by atoms with Gasteiger partial charge in [0.05, 0.1) is 15.8 Å². The summed E-state index contributed by atoms with van der Waals surface area (Å²) in [6.07, 6.45) is 0. The lowest BCUT2D eigenvalue weighted by Crippen LogP contribution is -2.17. The van der Waals surface area contributed by atoms with Gasteiger partial charge in [-0.05, 0) is 6.07 Å². The minimum Gasteiger partial charge on any atom is -0.368 e. The molecule has 8 heteroatoms. The van der Waals surface area contributed by atoms with Gasteiger partial charge in [-0.15, -0.1) is 0 Å². The number of hydrogen-bond acceptors (Lipinski definition) is 4. The number of anilines is 1. The second kappa shape index (κ2) is 6.09. The molecule has 0 bridgehead atoms. The third-order valence-electron chi connectivity index (χ3n) is 2.03. The number of hydrogen-bond donors (Lipinski definition) is 1. The predicted molar refractivity (Wildman–Crippen MR) is 72.1 cm³/mol. The Morgan fingerprint density at radius 1 is 1.29 bits per heavy atom. The summed E-state index contributed by atoms with van der Waals surface area (Å²) in [7, 11) is -3.01. The van der Waals surface area contributed by atoms with Gasteiger partial charge < -0.3 is 5.32 Å². The first kappa shape index (κ1) is 14.8. The lowest BCUT2D eigenvalue weighted by Gasteiger charge is -2.08. The van der Waals surface area contributed by atoms with E-state index in [0.29, 0.717) is 10.8 Å². The monoisotopic (exact) mass is 316 g/mol. The maximum Gasteiger partial charge on any atom is 0.151 e. The van der Waals surface area contributed by atoms with Crippen molar-refractivity contribution in [1.82, 2.24) is 4.98 Å². The van der Waals surface area contributed by atoms with Crippen LogP contribution in [0, 0.1) is 0 Å². The Hall–Kier alpha value is -0.230. The largest absolute Gasteiger partial charge is 0.368 e. The van der Waals surface area contributed by atoms with E-state index in [-0.39, 0.29) is 28.2 Å². The molecule has 0 aliphatic carbocycles. The zero-order chi connectivity index (χ0) is 13.1. The zero-order valence-electron chi connectivity index (χ0n) is 9.00. The number of pyridine rings is 1. The summed E-state index contributed by atoms with van der Waals surface area (Å²) in [5.41, 5.74) is 0. The normalized spacial score (nSPS) is 11.5. The highest BCUT2D eigenvalue weighted by Crippen LogP contribution is 2.28. The lowest BCUT2D eigenvalue weighted by molar-refractivity contribution is 0.597. The summed E-state index contributed by atoms with van der Waals surface area (Å²) in [5, 5.41) is 3.48. The second-order valence-corrected chi connectivity index (χ2v) is 6.90. The molecule has 0 spiro atoms. The molecule has 1 N–H and O–H groups in total. The van der Waals surface area contributed by atoms with Crippen LogP contribution in [0.5, 0.6) is 0 Å². The smallest absolute Gasteiger partial charge is 0.151 e. The number of halogens is 3. The molecular formula is C9H11Cl3N2O2S. The van der Waals surface area contributed by atoms with Crippen LogP contribution in [0.4, 0.5) is 5.82 Å². The molecule has 0 fully saturated rings. The quantitative estimate of drug-likeness (QED) is 0.848. The van der Waals surface area contributed by atoms with E-state index in [9.17, 15) is 8.42 Å². The molecule has 0 unspecified atom stereocenters. The Kier molecular flexibility index (Phi) is 5.31. The maximum atomic E-state index is 11.3. The number of nitrogens with one attached hydrogen (secondary N) is 1. The molecule has 1 rings (SSSR count). The van der Waals surface area contributed by atoms with Crippen molar-refractivity contribution in [1.29, 1.82) is 0 Å². The predicted octanol–water partition coefficient (Wildman–Crippen LogP) is 2.89. The summed E-state index contributed by atoms with van der Waals surface area (Å²) in [4.78, 5) is 3.91. The Morgan fingerprint density at radius 2 is 1.94 bits per heavy atom. The number of sulfone groups is 1. The van der Waals surface area contributed by atoms with Gasteiger partial charge in [-0.25, -0.2) is 13.4 Å². The molecule has 17 heavy (non-hydrogen) atoms. The molecule has 1 aromatic heterocycles. The van der Waals surface area contributed by atoms with E-state index in [4.69, 9.17) is 34.8 Å². The standard InChI is InChI=1S/C9H11Cl3N2O2S/c1-2-17(15,16)4-3-13-9-7(11)5-6(10)8(12)14-9/h5H,2-4H2,1H3,(H,13,14). The number of aromatic nitrogens is 1. The third-order valence-corrected chi connectivity index (χ3v) is 4.70. The Bertz CT molecular complexity index is 505.